The Kier molecular flexibility index (Phi) is 3.80. The molecular formula is C19H21NO. The molecule has 2 nitrogen and oxygen atoms in total. The van der Waals surface area contributed by atoms with Gasteiger partial charge in [0.25, 0.3) is 0 Å². The lowest BCUT2D eigenvalue weighted by Gasteiger charge is -2.16. The van der Waals surface area contributed by atoms with Gasteiger partial charge in [-0.3, -0.25) is 0 Å². The Hall–Kier alpha value is -2.06. The van der Waals surface area contributed by atoms with Crippen LogP contribution < -0.4 is 5.32 Å². The summed E-state index contributed by atoms with van der Waals surface area (Å²) in [5.74, 6) is 1.98. The first-order chi connectivity index (χ1) is 10.2. The topological polar surface area (TPSA) is 25.2 Å². The van der Waals surface area contributed by atoms with E-state index in [0.717, 1.165) is 17.9 Å². The van der Waals surface area contributed by atoms with Gasteiger partial charge in [-0.15, -0.1) is 0 Å². The molecule has 2 heteroatoms. The quantitative estimate of drug-likeness (QED) is 0.757. The molecule has 0 radical (unpaired) electrons. The second kappa shape index (κ2) is 5.74. The van der Waals surface area contributed by atoms with E-state index in [2.05, 4.69) is 53.8 Å². The summed E-state index contributed by atoms with van der Waals surface area (Å²) >= 11 is 0. The molecule has 1 unspecified atom stereocenters. The Labute approximate surface area is 125 Å². The first kappa shape index (κ1) is 13.9. The Morgan fingerprint density at radius 1 is 1.00 bits per heavy atom. The van der Waals surface area contributed by atoms with Gasteiger partial charge in [0.15, 0.2) is 0 Å². The van der Waals surface area contributed by atoms with E-state index in [4.69, 9.17) is 4.42 Å². The number of rotatable bonds is 4. The summed E-state index contributed by atoms with van der Waals surface area (Å²) in [7, 11) is 2.01. The molecule has 0 spiro atoms. The van der Waals surface area contributed by atoms with E-state index in [1.54, 1.807) is 0 Å². The van der Waals surface area contributed by atoms with Gasteiger partial charge in [-0.1, -0.05) is 42.5 Å². The molecule has 1 atom stereocenters. The minimum Gasteiger partial charge on any atom is -0.466 e. The van der Waals surface area contributed by atoms with Crippen molar-refractivity contribution in [3.05, 3.63) is 71.2 Å². The fourth-order valence-corrected chi connectivity index (χ4v) is 2.97. The van der Waals surface area contributed by atoms with E-state index in [1.807, 2.05) is 20.9 Å². The summed E-state index contributed by atoms with van der Waals surface area (Å²) in [4.78, 5) is 0. The van der Waals surface area contributed by atoms with Gasteiger partial charge in [-0.2, -0.15) is 0 Å². The monoisotopic (exact) mass is 279 g/mol. The lowest BCUT2D eigenvalue weighted by molar-refractivity contribution is 0.490. The average Bonchev–Trinajstić information content (AvgIpc) is 2.83. The third-order valence-electron chi connectivity index (χ3n) is 4.06. The third-order valence-corrected chi connectivity index (χ3v) is 4.06. The number of fused-ring (bicyclic) bond motifs is 1. The minimum atomic E-state index is 0.281. The molecule has 0 aliphatic rings. The van der Waals surface area contributed by atoms with E-state index in [0.29, 0.717) is 0 Å². The normalized spacial score (nSPS) is 12.7. The highest BCUT2D eigenvalue weighted by atomic mass is 16.3. The van der Waals surface area contributed by atoms with Crippen molar-refractivity contribution in [3.8, 4) is 0 Å². The van der Waals surface area contributed by atoms with Gasteiger partial charge in [-0.05, 0) is 49.7 Å². The Morgan fingerprint density at radius 3 is 2.43 bits per heavy atom. The van der Waals surface area contributed by atoms with E-state index in [1.165, 1.54) is 21.9 Å². The Bertz CT molecular complexity index is 757. The SMILES string of the molecule is CNC(Cc1ccc2ccccc2c1)c1cc(C)oc1C. The molecule has 0 fully saturated rings. The molecule has 1 N–H and O–H groups in total. The standard InChI is InChI=1S/C19H21NO/c1-13-10-18(14(2)21-13)19(20-3)12-15-8-9-16-6-4-5-7-17(16)11-15/h4-11,19-20H,12H2,1-3H3. The molecular weight excluding hydrogens is 258 g/mol. The zero-order chi connectivity index (χ0) is 14.8. The van der Waals surface area contributed by atoms with Crippen LogP contribution in [0.25, 0.3) is 10.8 Å². The van der Waals surface area contributed by atoms with Crippen molar-refractivity contribution in [2.45, 2.75) is 26.3 Å². The van der Waals surface area contributed by atoms with Gasteiger partial charge >= 0.3 is 0 Å². The molecule has 2 aromatic carbocycles. The number of likely N-dealkylation sites (N-methyl/N-ethyl adjacent to an activating group) is 1. The summed E-state index contributed by atoms with van der Waals surface area (Å²) in [6.07, 6.45) is 0.959. The van der Waals surface area contributed by atoms with Crippen molar-refractivity contribution in [1.82, 2.24) is 5.32 Å². The smallest absolute Gasteiger partial charge is 0.105 e. The maximum atomic E-state index is 5.67. The number of furan rings is 1. The van der Waals surface area contributed by atoms with Crippen LogP contribution in [0.4, 0.5) is 0 Å². The maximum absolute atomic E-state index is 5.67. The van der Waals surface area contributed by atoms with Gasteiger partial charge in [0, 0.05) is 11.6 Å². The van der Waals surface area contributed by atoms with Crippen LogP contribution in [0.3, 0.4) is 0 Å². The zero-order valence-electron chi connectivity index (χ0n) is 12.8. The van der Waals surface area contributed by atoms with Crippen LogP contribution in [-0.2, 0) is 6.42 Å². The number of nitrogens with one attached hydrogen (secondary N) is 1. The third kappa shape index (κ3) is 2.86. The molecule has 1 aromatic heterocycles. The first-order valence-corrected chi connectivity index (χ1v) is 7.39. The van der Waals surface area contributed by atoms with Crippen LogP contribution in [0.1, 0.15) is 28.7 Å². The van der Waals surface area contributed by atoms with Crippen LogP contribution in [0.15, 0.2) is 52.9 Å². The predicted octanol–water partition coefficient (Wildman–Crippen LogP) is 4.55. The highest BCUT2D eigenvalue weighted by molar-refractivity contribution is 5.83. The van der Waals surface area contributed by atoms with Crippen molar-refractivity contribution < 1.29 is 4.42 Å². The van der Waals surface area contributed by atoms with Gasteiger partial charge < -0.3 is 9.73 Å². The lowest BCUT2D eigenvalue weighted by Crippen LogP contribution is -2.19. The molecule has 0 aliphatic carbocycles. The Morgan fingerprint density at radius 2 is 1.76 bits per heavy atom. The molecule has 0 aliphatic heterocycles. The van der Waals surface area contributed by atoms with Crippen LogP contribution in [0.2, 0.25) is 0 Å². The van der Waals surface area contributed by atoms with Crippen LogP contribution in [0.5, 0.6) is 0 Å². The molecule has 0 amide bonds. The van der Waals surface area contributed by atoms with E-state index >= 15 is 0 Å². The van der Waals surface area contributed by atoms with Crippen LogP contribution >= 0.6 is 0 Å². The summed E-state index contributed by atoms with van der Waals surface area (Å²) in [5.41, 5.74) is 2.59. The van der Waals surface area contributed by atoms with Crippen molar-refractivity contribution in [3.63, 3.8) is 0 Å². The number of hydrogen-bond donors (Lipinski definition) is 1. The highest BCUT2D eigenvalue weighted by Gasteiger charge is 2.16. The molecule has 0 saturated heterocycles. The molecule has 3 aromatic rings. The zero-order valence-corrected chi connectivity index (χ0v) is 12.8. The molecule has 3 rings (SSSR count). The van der Waals surface area contributed by atoms with E-state index < -0.39 is 0 Å². The average molecular weight is 279 g/mol. The second-order valence-corrected chi connectivity index (χ2v) is 5.60. The number of benzene rings is 2. The van der Waals surface area contributed by atoms with Gasteiger partial charge in [0.2, 0.25) is 0 Å². The summed E-state index contributed by atoms with van der Waals surface area (Å²) in [6.45, 7) is 4.03. The minimum absolute atomic E-state index is 0.281. The van der Waals surface area contributed by atoms with Crippen molar-refractivity contribution >= 4 is 10.8 Å². The summed E-state index contributed by atoms with van der Waals surface area (Å²) in [5, 5.41) is 5.99. The first-order valence-electron chi connectivity index (χ1n) is 7.39. The van der Waals surface area contributed by atoms with Crippen molar-refractivity contribution in [2.75, 3.05) is 7.05 Å². The lowest BCUT2D eigenvalue weighted by atomic mass is 9.97. The summed E-state index contributed by atoms with van der Waals surface area (Å²) < 4.78 is 5.67. The molecule has 108 valence electrons. The van der Waals surface area contributed by atoms with Gasteiger partial charge in [0.05, 0.1) is 0 Å². The number of aryl methyl sites for hydroxylation is 2. The molecule has 21 heavy (non-hydrogen) atoms. The van der Waals surface area contributed by atoms with Crippen molar-refractivity contribution in [2.24, 2.45) is 0 Å². The predicted molar refractivity (Wildman–Crippen MR) is 87.6 cm³/mol. The Balaban J connectivity index is 1.90. The van der Waals surface area contributed by atoms with E-state index in [9.17, 15) is 0 Å². The van der Waals surface area contributed by atoms with E-state index in [-0.39, 0.29) is 6.04 Å². The van der Waals surface area contributed by atoms with Gasteiger partial charge in [-0.25, -0.2) is 0 Å². The van der Waals surface area contributed by atoms with Crippen LogP contribution in [-0.4, -0.2) is 7.05 Å². The molecule has 0 saturated carbocycles. The number of hydrogen-bond acceptors (Lipinski definition) is 2. The maximum Gasteiger partial charge on any atom is 0.105 e. The molecule has 1 heterocycles. The van der Waals surface area contributed by atoms with Crippen LogP contribution in [0, 0.1) is 13.8 Å². The molecule has 0 bridgehead atoms. The summed E-state index contributed by atoms with van der Waals surface area (Å²) in [6, 6.07) is 17.6. The second-order valence-electron chi connectivity index (χ2n) is 5.60. The fraction of sp³-hybridized carbons (Fsp3) is 0.263. The largest absolute Gasteiger partial charge is 0.466 e. The fourth-order valence-electron chi connectivity index (χ4n) is 2.97. The highest BCUT2D eigenvalue weighted by Crippen LogP contribution is 2.26. The van der Waals surface area contributed by atoms with Gasteiger partial charge in [0.1, 0.15) is 11.5 Å². The van der Waals surface area contributed by atoms with Crippen molar-refractivity contribution in [1.29, 1.82) is 0 Å².